The van der Waals surface area contributed by atoms with Gasteiger partial charge in [-0.25, -0.2) is 0 Å². The molecule has 1 aromatic heterocycles. The normalized spacial score (nSPS) is 19.9. The van der Waals surface area contributed by atoms with E-state index in [1.165, 1.54) is 18.4 Å². The molecular formula is C14H17N3O. The van der Waals surface area contributed by atoms with Gasteiger partial charge in [-0.15, -0.1) is 0 Å². The van der Waals surface area contributed by atoms with Crippen molar-refractivity contribution in [1.82, 2.24) is 15.5 Å². The summed E-state index contributed by atoms with van der Waals surface area (Å²) in [6.07, 6.45) is 4.29. The molecule has 0 saturated carbocycles. The van der Waals surface area contributed by atoms with Crippen LogP contribution in [-0.2, 0) is 6.42 Å². The lowest BCUT2D eigenvalue weighted by Gasteiger charge is -2.19. The average Bonchev–Trinajstić information content (AvgIpc) is 2.89. The lowest BCUT2D eigenvalue weighted by Crippen LogP contribution is -2.27. The molecule has 0 aliphatic carbocycles. The van der Waals surface area contributed by atoms with Crippen molar-refractivity contribution in [2.24, 2.45) is 0 Å². The first kappa shape index (κ1) is 11.4. The van der Waals surface area contributed by atoms with Crippen molar-refractivity contribution in [2.75, 3.05) is 6.54 Å². The highest BCUT2D eigenvalue weighted by molar-refractivity contribution is 5.18. The van der Waals surface area contributed by atoms with Crippen LogP contribution in [0.1, 0.15) is 42.6 Å². The molecule has 4 heteroatoms. The number of rotatable bonds is 3. The SMILES string of the molecule is c1ccc(Cc2noc([C@H]3CCCCN3)n2)cc1. The van der Waals surface area contributed by atoms with Crippen LogP contribution in [0.15, 0.2) is 34.9 Å². The van der Waals surface area contributed by atoms with E-state index in [0.29, 0.717) is 0 Å². The van der Waals surface area contributed by atoms with Gasteiger partial charge in [-0.2, -0.15) is 4.98 Å². The minimum atomic E-state index is 0.246. The predicted octanol–water partition coefficient (Wildman–Crippen LogP) is 2.48. The van der Waals surface area contributed by atoms with Gasteiger partial charge < -0.3 is 9.84 Å². The van der Waals surface area contributed by atoms with E-state index in [2.05, 4.69) is 27.6 Å². The topological polar surface area (TPSA) is 51.0 Å². The number of hydrogen-bond acceptors (Lipinski definition) is 4. The van der Waals surface area contributed by atoms with Crippen molar-refractivity contribution < 1.29 is 4.52 Å². The second kappa shape index (κ2) is 5.31. The number of benzene rings is 1. The highest BCUT2D eigenvalue weighted by Crippen LogP contribution is 2.21. The predicted molar refractivity (Wildman–Crippen MR) is 68.1 cm³/mol. The van der Waals surface area contributed by atoms with Gasteiger partial charge in [0.15, 0.2) is 5.82 Å². The zero-order chi connectivity index (χ0) is 12.2. The standard InChI is InChI=1S/C14H17N3O/c1-2-6-11(7-3-1)10-13-16-14(18-17-13)12-8-4-5-9-15-12/h1-3,6-7,12,15H,4-5,8-10H2/t12-/m1/s1. The maximum atomic E-state index is 5.35. The Kier molecular flexibility index (Phi) is 3.37. The molecule has 2 heterocycles. The van der Waals surface area contributed by atoms with Crippen LogP contribution in [0.4, 0.5) is 0 Å². The summed E-state index contributed by atoms with van der Waals surface area (Å²) in [7, 11) is 0. The van der Waals surface area contributed by atoms with Crippen molar-refractivity contribution in [3.05, 3.63) is 47.6 Å². The quantitative estimate of drug-likeness (QED) is 0.899. The first-order chi connectivity index (χ1) is 8.92. The molecule has 0 amide bonds. The molecule has 0 spiro atoms. The molecule has 1 aromatic carbocycles. The van der Waals surface area contributed by atoms with Crippen molar-refractivity contribution in [2.45, 2.75) is 31.7 Å². The number of hydrogen-bond donors (Lipinski definition) is 1. The monoisotopic (exact) mass is 243 g/mol. The van der Waals surface area contributed by atoms with Crippen molar-refractivity contribution in [1.29, 1.82) is 0 Å². The maximum absolute atomic E-state index is 5.35. The van der Waals surface area contributed by atoms with Gasteiger partial charge >= 0.3 is 0 Å². The molecule has 1 aliphatic rings. The molecule has 1 fully saturated rings. The molecule has 1 atom stereocenters. The van der Waals surface area contributed by atoms with E-state index in [1.54, 1.807) is 0 Å². The van der Waals surface area contributed by atoms with Crippen LogP contribution < -0.4 is 5.32 Å². The van der Waals surface area contributed by atoms with Gasteiger partial charge in [0.1, 0.15) is 0 Å². The minimum absolute atomic E-state index is 0.246. The lowest BCUT2D eigenvalue weighted by molar-refractivity contribution is 0.296. The molecule has 0 radical (unpaired) electrons. The summed E-state index contributed by atoms with van der Waals surface area (Å²) >= 11 is 0. The van der Waals surface area contributed by atoms with Gasteiger partial charge in [0.2, 0.25) is 5.89 Å². The Balaban J connectivity index is 1.69. The number of nitrogens with one attached hydrogen (secondary N) is 1. The van der Waals surface area contributed by atoms with Gasteiger partial charge in [-0.1, -0.05) is 41.9 Å². The molecule has 1 N–H and O–H groups in total. The Labute approximate surface area is 106 Å². The molecule has 2 aromatic rings. The zero-order valence-electron chi connectivity index (χ0n) is 10.3. The first-order valence-corrected chi connectivity index (χ1v) is 6.51. The number of aromatic nitrogens is 2. The van der Waals surface area contributed by atoms with E-state index in [0.717, 1.165) is 31.1 Å². The molecular weight excluding hydrogens is 226 g/mol. The minimum Gasteiger partial charge on any atom is -0.338 e. The lowest BCUT2D eigenvalue weighted by atomic mass is 10.1. The Morgan fingerprint density at radius 1 is 1.22 bits per heavy atom. The summed E-state index contributed by atoms with van der Waals surface area (Å²) in [5.41, 5.74) is 1.21. The Bertz CT molecular complexity index is 489. The molecule has 1 saturated heterocycles. The fourth-order valence-electron chi connectivity index (χ4n) is 2.32. The third kappa shape index (κ3) is 2.59. The molecule has 3 rings (SSSR count). The van der Waals surface area contributed by atoms with Gasteiger partial charge in [0, 0.05) is 6.42 Å². The molecule has 1 aliphatic heterocycles. The van der Waals surface area contributed by atoms with E-state index in [-0.39, 0.29) is 6.04 Å². The highest BCUT2D eigenvalue weighted by atomic mass is 16.5. The highest BCUT2D eigenvalue weighted by Gasteiger charge is 2.20. The van der Waals surface area contributed by atoms with Gasteiger partial charge in [-0.05, 0) is 24.9 Å². The Hall–Kier alpha value is -1.68. The zero-order valence-corrected chi connectivity index (χ0v) is 10.3. The second-order valence-corrected chi connectivity index (χ2v) is 4.71. The Morgan fingerprint density at radius 3 is 2.89 bits per heavy atom. The van der Waals surface area contributed by atoms with Crippen molar-refractivity contribution >= 4 is 0 Å². The molecule has 4 nitrogen and oxygen atoms in total. The van der Waals surface area contributed by atoms with Crippen LogP contribution in [0, 0.1) is 0 Å². The fourth-order valence-corrected chi connectivity index (χ4v) is 2.32. The summed E-state index contributed by atoms with van der Waals surface area (Å²) in [6.45, 7) is 1.04. The van der Waals surface area contributed by atoms with Gasteiger partial charge in [-0.3, -0.25) is 0 Å². The van der Waals surface area contributed by atoms with Gasteiger partial charge in [0.05, 0.1) is 6.04 Å². The molecule has 0 unspecified atom stereocenters. The summed E-state index contributed by atoms with van der Waals surface area (Å²) in [6, 6.07) is 10.5. The fraction of sp³-hybridized carbons (Fsp3) is 0.429. The summed E-state index contributed by atoms with van der Waals surface area (Å²) in [5, 5.41) is 7.48. The van der Waals surface area contributed by atoms with E-state index in [9.17, 15) is 0 Å². The number of piperidine rings is 1. The Morgan fingerprint density at radius 2 is 2.11 bits per heavy atom. The second-order valence-electron chi connectivity index (χ2n) is 4.71. The summed E-state index contributed by atoms with van der Waals surface area (Å²) in [4.78, 5) is 4.49. The van der Waals surface area contributed by atoms with E-state index >= 15 is 0 Å². The molecule has 0 bridgehead atoms. The number of nitrogens with zero attached hydrogens (tertiary/aromatic N) is 2. The molecule has 18 heavy (non-hydrogen) atoms. The smallest absolute Gasteiger partial charge is 0.243 e. The summed E-state index contributed by atoms with van der Waals surface area (Å²) in [5.74, 6) is 1.50. The third-order valence-electron chi connectivity index (χ3n) is 3.30. The maximum Gasteiger partial charge on any atom is 0.243 e. The average molecular weight is 243 g/mol. The van der Waals surface area contributed by atoms with Crippen LogP contribution >= 0.6 is 0 Å². The van der Waals surface area contributed by atoms with Crippen molar-refractivity contribution in [3.8, 4) is 0 Å². The van der Waals surface area contributed by atoms with Crippen LogP contribution in [0.5, 0.6) is 0 Å². The van der Waals surface area contributed by atoms with Gasteiger partial charge in [0.25, 0.3) is 0 Å². The van der Waals surface area contributed by atoms with Crippen LogP contribution in [0.2, 0.25) is 0 Å². The van der Waals surface area contributed by atoms with Crippen molar-refractivity contribution in [3.63, 3.8) is 0 Å². The van der Waals surface area contributed by atoms with E-state index in [1.807, 2.05) is 18.2 Å². The first-order valence-electron chi connectivity index (χ1n) is 6.51. The summed E-state index contributed by atoms with van der Waals surface area (Å²) < 4.78 is 5.35. The molecule has 94 valence electrons. The van der Waals surface area contributed by atoms with E-state index < -0.39 is 0 Å². The third-order valence-corrected chi connectivity index (χ3v) is 3.30. The van der Waals surface area contributed by atoms with Crippen LogP contribution in [-0.4, -0.2) is 16.7 Å². The van der Waals surface area contributed by atoms with Crippen LogP contribution in [0.3, 0.4) is 0 Å². The largest absolute Gasteiger partial charge is 0.338 e. The van der Waals surface area contributed by atoms with E-state index in [4.69, 9.17) is 4.52 Å². The van der Waals surface area contributed by atoms with Crippen LogP contribution in [0.25, 0.3) is 0 Å².